The Bertz CT molecular complexity index is 302. The normalized spacial score (nSPS) is 25.5. The highest BCUT2D eigenvalue weighted by atomic mass is 16.4. The molecule has 2 fully saturated rings. The molecule has 2 rings (SSSR count). The second-order valence-corrected chi connectivity index (χ2v) is 4.96. The number of carbonyl (C=O) groups excluding carboxylic acids is 1. The molecule has 0 bridgehead atoms. The molecule has 0 spiro atoms. The van der Waals surface area contributed by atoms with Gasteiger partial charge in [0.1, 0.15) is 0 Å². The summed E-state index contributed by atoms with van der Waals surface area (Å²) in [6, 6.07) is 0.759. The number of rotatable bonds is 5. The van der Waals surface area contributed by atoms with E-state index in [9.17, 15) is 9.59 Å². The molecule has 1 atom stereocenters. The van der Waals surface area contributed by atoms with E-state index in [1.807, 2.05) is 0 Å². The SMILES string of the molecule is O=C(O)CCN(C1CC1)C1CCCNC(=O)C1. The van der Waals surface area contributed by atoms with Crippen molar-refractivity contribution in [1.29, 1.82) is 0 Å². The van der Waals surface area contributed by atoms with Crippen molar-refractivity contribution >= 4 is 11.9 Å². The lowest BCUT2D eigenvalue weighted by atomic mass is 10.1. The Morgan fingerprint density at radius 2 is 2.12 bits per heavy atom. The number of carboxylic acids is 1. The summed E-state index contributed by atoms with van der Waals surface area (Å²) < 4.78 is 0. The molecule has 1 heterocycles. The zero-order chi connectivity index (χ0) is 12.3. The van der Waals surface area contributed by atoms with E-state index in [0.717, 1.165) is 32.2 Å². The first-order chi connectivity index (χ1) is 8.16. The van der Waals surface area contributed by atoms with Crippen LogP contribution in [0.25, 0.3) is 0 Å². The van der Waals surface area contributed by atoms with Gasteiger partial charge in [-0.3, -0.25) is 14.5 Å². The van der Waals surface area contributed by atoms with Crippen LogP contribution < -0.4 is 5.32 Å². The molecule has 1 aliphatic heterocycles. The van der Waals surface area contributed by atoms with E-state index < -0.39 is 5.97 Å². The van der Waals surface area contributed by atoms with E-state index in [-0.39, 0.29) is 18.4 Å². The Morgan fingerprint density at radius 3 is 2.76 bits per heavy atom. The smallest absolute Gasteiger partial charge is 0.304 e. The first-order valence-corrected chi connectivity index (χ1v) is 6.41. The van der Waals surface area contributed by atoms with Gasteiger partial charge in [-0.05, 0) is 25.7 Å². The third-order valence-electron chi connectivity index (χ3n) is 3.53. The van der Waals surface area contributed by atoms with Gasteiger partial charge >= 0.3 is 5.97 Å². The van der Waals surface area contributed by atoms with Crippen molar-refractivity contribution in [2.24, 2.45) is 0 Å². The van der Waals surface area contributed by atoms with Crippen molar-refractivity contribution in [2.45, 2.75) is 50.6 Å². The van der Waals surface area contributed by atoms with Gasteiger partial charge in [0.25, 0.3) is 0 Å². The molecule has 0 aromatic rings. The van der Waals surface area contributed by atoms with Crippen LogP contribution in [-0.2, 0) is 9.59 Å². The highest BCUT2D eigenvalue weighted by Crippen LogP contribution is 2.31. The van der Waals surface area contributed by atoms with Crippen LogP contribution in [0.2, 0.25) is 0 Å². The van der Waals surface area contributed by atoms with E-state index in [2.05, 4.69) is 10.2 Å². The molecule has 1 aliphatic carbocycles. The molecule has 96 valence electrons. The molecule has 17 heavy (non-hydrogen) atoms. The molecule has 0 aromatic carbocycles. The average molecular weight is 240 g/mol. The lowest BCUT2D eigenvalue weighted by Gasteiger charge is -2.29. The number of carbonyl (C=O) groups is 2. The van der Waals surface area contributed by atoms with Gasteiger partial charge < -0.3 is 10.4 Å². The summed E-state index contributed by atoms with van der Waals surface area (Å²) in [6.07, 6.45) is 4.99. The number of hydrogen-bond donors (Lipinski definition) is 2. The first-order valence-electron chi connectivity index (χ1n) is 6.41. The molecular formula is C12H20N2O3. The van der Waals surface area contributed by atoms with Crippen molar-refractivity contribution < 1.29 is 14.7 Å². The van der Waals surface area contributed by atoms with Gasteiger partial charge in [0, 0.05) is 31.6 Å². The minimum Gasteiger partial charge on any atom is -0.481 e. The minimum absolute atomic E-state index is 0.105. The summed E-state index contributed by atoms with van der Waals surface area (Å²) in [4.78, 5) is 24.4. The van der Waals surface area contributed by atoms with Crippen LogP contribution in [0.3, 0.4) is 0 Å². The predicted molar refractivity (Wildman–Crippen MR) is 62.6 cm³/mol. The largest absolute Gasteiger partial charge is 0.481 e. The number of amides is 1. The molecule has 5 heteroatoms. The highest BCUT2D eigenvalue weighted by molar-refractivity contribution is 5.76. The van der Waals surface area contributed by atoms with E-state index in [1.54, 1.807) is 0 Å². The van der Waals surface area contributed by atoms with Gasteiger partial charge in [-0.1, -0.05) is 0 Å². The van der Waals surface area contributed by atoms with E-state index in [1.165, 1.54) is 0 Å². The number of nitrogens with one attached hydrogen (secondary N) is 1. The van der Waals surface area contributed by atoms with Gasteiger partial charge in [-0.15, -0.1) is 0 Å². The lowest BCUT2D eigenvalue weighted by molar-refractivity contribution is -0.137. The van der Waals surface area contributed by atoms with E-state index in [4.69, 9.17) is 5.11 Å². The Morgan fingerprint density at radius 1 is 1.35 bits per heavy atom. The van der Waals surface area contributed by atoms with Crippen LogP contribution in [0.1, 0.15) is 38.5 Å². The molecule has 0 aromatic heterocycles. The predicted octanol–water partition coefficient (Wildman–Crippen LogP) is 0.594. The average Bonchev–Trinajstić information content (AvgIpc) is 3.07. The maximum Gasteiger partial charge on any atom is 0.304 e. The minimum atomic E-state index is -0.756. The summed E-state index contributed by atoms with van der Waals surface area (Å²) in [5.41, 5.74) is 0. The van der Waals surface area contributed by atoms with Crippen LogP contribution in [0.4, 0.5) is 0 Å². The molecule has 0 radical (unpaired) electrons. The molecule has 2 N–H and O–H groups in total. The maximum atomic E-state index is 11.5. The van der Waals surface area contributed by atoms with Crippen LogP contribution in [0.15, 0.2) is 0 Å². The van der Waals surface area contributed by atoms with Gasteiger partial charge in [-0.2, -0.15) is 0 Å². The molecule has 5 nitrogen and oxygen atoms in total. The molecule has 1 saturated carbocycles. The van der Waals surface area contributed by atoms with Crippen LogP contribution in [-0.4, -0.2) is 47.1 Å². The second kappa shape index (κ2) is 5.49. The van der Waals surface area contributed by atoms with Gasteiger partial charge in [0.05, 0.1) is 6.42 Å². The molecule has 2 aliphatic rings. The Labute approximate surface area is 101 Å². The summed E-state index contributed by atoms with van der Waals surface area (Å²) in [5, 5.41) is 11.6. The Hall–Kier alpha value is -1.10. The fourth-order valence-corrected chi connectivity index (χ4v) is 2.53. The van der Waals surface area contributed by atoms with Gasteiger partial charge in [0.15, 0.2) is 0 Å². The summed E-state index contributed by atoms with van der Waals surface area (Å²) in [7, 11) is 0. The Balaban J connectivity index is 1.93. The van der Waals surface area contributed by atoms with Gasteiger partial charge in [-0.25, -0.2) is 0 Å². The summed E-state index contributed by atoms with van der Waals surface area (Å²) in [6.45, 7) is 1.34. The van der Waals surface area contributed by atoms with Crippen molar-refractivity contribution in [3.8, 4) is 0 Å². The van der Waals surface area contributed by atoms with Crippen LogP contribution >= 0.6 is 0 Å². The summed E-state index contributed by atoms with van der Waals surface area (Å²) in [5.74, 6) is -0.651. The first kappa shape index (κ1) is 12.4. The lowest BCUT2D eigenvalue weighted by Crippen LogP contribution is -2.40. The monoisotopic (exact) mass is 240 g/mol. The number of carboxylic acid groups (broad SMARTS) is 1. The van der Waals surface area contributed by atoms with Crippen LogP contribution in [0, 0.1) is 0 Å². The number of aliphatic carboxylic acids is 1. The molecule has 1 saturated heterocycles. The molecule has 1 amide bonds. The van der Waals surface area contributed by atoms with Crippen molar-refractivity contribution in [3.63, 3.8) is 0 Å². The second-order valence-electron chi connectivity index (χ2n) is 4.96. The van der Waals surface area contributed by atoms with E-state index >= 15 is 0 Å². The van der Waals surface area contributed by atoms with Crippen LogP contribution in [0.5, 0.6) is 0 Å². The number of nitrogens with zero attached hydrogens (tertiary/aromatic N) is 1. The molecule has 1 unspecified atom stereocenters. The van der Waals surface area contributed by atoms with Gasteiger partial charge in [0.2, 0.25) is 5.91 Å². The van der Waals surface area contributed by atoms with Crippen molar-refractivity contribution in [3.05, 3.63) is 0 Å². The fourth-order valence-electron chi connectivity index (χ4n) is 2.53. The fraction of sp³-hybridized carbons (Fsp3) is 0.833. The Kier molecular flexibility index (Phi) is 3.99. The van der Waals surface area contributed by atoms with Crippen molar-refractivity contribution in [2.75, 3.05) is 13.1 Å². The van der Waals surface area contributed by atoms with E-state index in [0.29, 0.717) is 19.0 Å². The third-order valence-corrected chi connectivity index (χ3v) is 3.53. The zero-order valence-electron chi connectivity index (χ0n) is 10.0. The third kappa shape index (κ3) is 3.70. The quantitative estimate of drug-likeness (QED) is 0.738. The highest BCUT2D eigenvalue weighted by Gasteiger charge is 2.35. The molecular weight excluding hydrogens is 220 g/mol. The zero-order valence-corrected chi connectivity index (χ0v) is 10.0. The summed E-state index contributed by atoms with van der Waals surface area (Å²) >= 11 is 0. The topological polar surface area (TPSA) is 69.6 Å². The van der Waals surface area contributed by atoms with Crippen molar-refractivity contribution in [1.82, 2.24) is 10.2 Å². The standard InChI is InChI=1S/C12H20N2O3/c15-11-8-10(2-1-6-13-11)14(9-3-4-9)7-5-12(16)17/h9-10H,1-8H2,(H,13,15)(H,16,17). The maximum absolute atomic E-state index is 11.5. The number of hydrogen-bond acceptors (Lipinski definition) is 3.